The van der Waals surface area contributed by atoms with Crippen LogP contribution < -0.4 is 0 Å². The van der Waals surface area contributed by atoms with Gasteiger partial charge in [0.05, 0.1) is 0 Å². The highest BCUT2D eigenvalue weighted by Gasteiger charge is 1.92. The fourth-order valence-corrected chi connectivity index (χ4v) is 1.36. The molecule has 0 fully saturated rings. The fraction of sp³-hybridized carbons (Fsp3) is 0.385. The van der Waals surface area contributed by atoms with Gasteiger partial charge in [0.15, 0.2) is 0 Å². The lowest BCUT2D eigenvalue weighted by Gasteiger charge is -2.01. The Balaban J connectivity index is 2.28. The normalized spacial score (nSPS) is 11.7. The van der Waals surface area contributed by atoms with E-state index < -0.39 is 0 Å². The number of rotatable bonds is 4. The Morgan fingerprint density at radius 2 is 1.92 bits per heavy atom. The van der Waals surface area contributed by atoms with Gasteiger partial charge in [0.1, 0.15) is 0 Å². The van der Waals surface area contributed by atoms with Crippen molar-refractivity contribution in [2.45, 2.75) is 33.1 Å². The number of hydrogen-bond acceptors (Lipinski definition) is 0. The van der Waals surface area contributed by atoms with E-state index in [4.69, 9.17) is 0 Å². The summed E-state index contributed by atoms with van der Waals surface area (Å²) in [5.41, 5.74) is 2.95. The minimum atomic E-state index is 1.20. The first kappa shape index (κ1) is 10.0. The largest absolute Gasteiger partial charge is 0.0887 e. The summed E-state index contributed by atoms with van der Waals surface area (Å²) in [6.07, 6.45) is 5.89. The van der Waals surface area contributed by atoms with E-state index in [9.17, 15) is 0 Å². The predicted molar refractivity (Wildman–Crippen MR) is 58.8 cm³/mol. The van der Waals surface area contributed by atoms with Gasteiger partial charge in [-0.05, 0) is 38.7 Å². The topological polar surface area (TPSA) is 0 Å². The Hall–Kier alpha value is -1.04. The third-order valence-electron chi connectivity index (χ3n) is 2.37. The van der Waals surface area contributed by atoms with Gasteiger partial charge in [0, 0.05) is 0 Å². The molecule has 0 bridgehead atoms. The first-order valence-electron chi connectivity index (χ1n) is 4.98. The van der Waals surface area contributed by atoms with Crippen LogP contribution in [-0.2, 0) is 6.42 Å². The zero-order chi connectivity index (χ0) is 9.52. The van der Waals surface area contributed by atoms with Crippen molar-refractivity contribution in [3.8, 4) is 0 Å². The van der Waals surface area contributed by atoms with E-state index in [-0.39, 0.29) is 0 Å². The number of hydrogen-bond donors (Lipinski definition) is 0. The molecule has 0 heteroatoms. The van der Waals surface area contributed by atoms with E-state index in [1.807, 2.05) is 0 Å². The lowest BCUT2D eigenvalue weighted by atomic mass is 10.1. The monoisotopic (exact) mass is 174 g/mol. The third-order valence-corrected chi connectivity index (χ3v) is 2.37. The van der Waals surface area contributed by atoms with Crippen molar-refractivity contribution in [2.24, 2.45) is 0 Å². The van der Waals surface area contributed by atoms with Gasteiger partial charge in [-0.1, -0.05) is 42.0 Å². The maximum Gasteiger partial charge on any atom is -0.0276 e. The summed E-state index contributed by atoms with van der Waals surface area (Å²) < 4.78 is 0. The molecule has 0 saturated heterocycles. The summed E-state index contributed by atoms with van der Waals surface area (Å²) in [6.45, 7) is 4.31. The van der Waals surface area contributed by atoms with E-state index in [1.54, 1.807) is 0 Å². The van der Waals surface area contributed by atoms with Gasteiger partial charge in [0.2, 0.25) is 0 Å². The summed E-state index contributed by atoms with van der Waals surface area (Å²) in [7, 11) is 0. The highest BCUT2D eigenvalue weighted by molar-refractivity contribution is 5.14. The molecule has 13 heavy (non-hydrogen) atoms. The zero-order valence-electron chi connectivity index (χ0n) is 8.59. The van der Waals surface area contributed by atoms with Crippen LogP contribution in [0.15, 0.2) is 42.0 Å². The number of aryl methyl sites for hydroxylation is 1. The standard InChI is InChI=1S/C13H18/c1-3-12(2)8-7-11-13-9-5-4-6-10-13/h3-6,9-10H,7-8,11H2,1-2H3/b12-3+. The van der Waals surface area contributed by atoms with Crippen molar-refractivity contribution < 1.29 is 0 Å². The first-order chi connectivity index (χ1) is 6.33. The van der Waals surface area contributed by atoms with Crippen molar-refractivity contribution in [3.05, 3.63) is 47.5 Å². The van der Waals surface area contributed by atoms with Gasteiger partial charge in [-0.2, -0.15) is 0 Å². The van der Waals surface area contributed by atoms with Gasteiger partial charge in [-0.25, -0.2) is 0 Å². The molecular weight excluding hydrogens is 156 g/mol. The van der Waals surface area contributed by atoms with Gasteiger partial charge in [-0.15, -0.1) is 0 Å². The van der Waals surface area contributed by atoms with Gasteiger partial charge >= 0.3 is 0 Å². The van der Waals surface area contributed by atoms with Crippen LogP contribution >= 0.6 is 0 Å². The molecule has 0 unspecified atom stereocenters. The molecule has 1 rings (SSSR count). The molecule has 0 amide bonds. The molecular formula is C13H18. The summed E-state index contributed by atoms with van der Waals surface area (Å²) in [6, 6.07) is 10.7. The molecule has 70 valence electrons. The van der Waals surface area contributed by atoms with Crippen LogP contribution in [-0.4, -0.2) is 0 Å². The van der Waals surface area contributed by atoms with Gasteiger partial charge < -0.3 is 0 Å². The Bertz CT molecular complexity index is 257. The minimum Gasteiger partial charge on any atom is -0.0887 e. The molecule has 1 aromatic carbocycles. The van der Waals surface area contributed by atoms with E-state index in [1.165, 1.54) is 30.4 Å². The lowest BCUT2D eigenvalue weighted by molar-refractivity contribution is 0.810. The van der Waals surface area contributed by atoms with E-state index >= 15 is 0 Å². The highest BCUT2D eigenvalue weighted by atomic mass is 14.0. The maximum absolute atomic E-state index is 2.20. The summed E-state index contributed by atoms with van der Waals surface area (Å²) in [5, 5.41) is 0. The van der Waals surface area contributed by atoms with Crippen LogP contribution in [0.3, 0.4) is 0 Å². The molecule has 0 aromatic heterocycles. The van der Waals surface area contributed by atoms with Crippen LogP contribution in [0, 0.1) is 0 Å². The van der Waals surface area contributed by atoms with Crippen molar-refractivity contribution >= 4 is 0 Å². The van der Waals surface area contributed by atoms with Crippen molar-refractivity contribution in [1.29, 1.82) is 0 Å². The maximum atomic E-state index is 2.20. The Morgan fingerprint density at radius 1 is 1.23 bits per heavy atom. The second-order valence-corrected chi connectivity index (χ2v) is 3.47. The summed E-state index contributed by atoms with van der Waals surface area (Å²) >= 11 is 0. The van der Waals surface area contributed by atoms with Crippen molar-refractivity contribution in [2.75, 3.05) is 0 Å². The van der Waals surface area contributed by atoms with Crippen LogP contribution in [0.1, 0.15) is 32.3 Å². The lowest BCUT2D eigenvalue weighted by Crippen LogP contribution is -1.85. The Morgan fingerprint density at radius 3 is 2.54 bits per heavy atom. The second kappa shape index (κ2) is 5.58. The van der Waals surface area contributed by atoms with Gasteiger partial charge in [0.25, 0.3) is 0 Å². The highest BCUT2D eigenvalue weighted by Crippen LogP contribution is 2.08. The van der Waals surface area contributed by atoms with E-state index in [2.05, 4.69) is 50.3 Å². The average Bonchev–Trinajstić information content (AvgIpc) is 2.19. The van der Waals surface area contributed by atoms with Gasteiger partial charge in [-0.3, -0.25) is 0 Å². The summed E-state index contributed by atoms with van der Waals surface area (Å²) in [4.78, 5) is 0. The second-order valence-electron chi connectivity index (χ2n) is 3.47. The quantitative estimate of drug-likeness (QED) is 0.606. The molecule has 0 N–H and O–H groups in total. The Kier molecular flexibility index (Phi) is 4.31. The number of allylic oxidation sites excluding steroid dienone is 2. The van der Waals surface area contributed by atoms with Crippen molar-refractivity contribution in [3.63, 3.8) is 0 Å². The molecule has 0 aliphatic heterocycles. The van der Waals surface area contributed by atoms with E-state index in [0.717, 1.165) is 0 Å². The minimum absolute atomic E-state index is 1.20. The molecule has 0 aliphatic rings. The fourth-order valence-electron chi connectivity index (χ4n) is 1.36. The third kappa shape index (κ3) is 3.93. The van der Waals surface area contributed by atoms with Crippen LogP contribution in [0.4, 0.5) is 0 Å². The molecule has 1 aromatic rings. The average molecular weight is 174 g/mol. The smallest absolute Gasteiger partial charge is 0.0276 e. The molecule has 0 nitrogen and oxygen atoms in total. The van der Waals surface area contributed by atoms with Crippen LogP contribution in [0.25, 0.3) is 0 Å². The molecule has 0 radical (unpaired) electrons. The van der Waals surface area contributed by atoms with Crippen molar-refractivity contribution in [1.82, 2.24) is 0 Å². The Labute approximate surface area is 81.3 Å². The first-order valence-corrected chi connectivity index (χ1v) is 4.98. The molecule has 0 saturated carbocycles. The number of benzene rings is 1. The SMILES string of the molecule is C/C=C(\C)CCCc1ccccc1. The molecule has 0 heterocycles. The molecule has 0 spiro atoms. The zero-order valence-corrected chi connectivity index (χ0v) is 8.59. The molecule has 0 aliphatic carbocycles. The van der Waals surface area contributed by atoms with Crippen LogP contribution in [0.2, 0.25) is 0 Å². The molecule has 0 atom stereocenters. The van der Waals surface area contributed by atoms with Crippen LogP contribution in [0.5, 0.6) is 0 Å². The van der Waals surface area contributed by atoms with E-state index in [0.29, 0.717) is 0 Å². The predicted octanol–water partition coefficient (Wildman–Crippen LogP) is 3.98. The summed E-state index contributed by atoms with van der Waals surface area (Å²) in [5.74, 6) is 0.